The van der Waals surface area contributed by atoms with Gasteiger partial charge in [0.2, 0.25) is 17.7 Å². The number of likely N-dealkylation sites (N-methyl/N-ethyl adjacent to an activating group) is 1. The molecule has 0 spiro atoms. The van der Waals surface area contributed by atoms with Gasteiger partial charge in [-0.3, -0.25) is 19.3 Å². The summed E-state index contributed by atoms with van der Waals surface area (Å²) >= 11 is 6.17. The number of anilines is 1. The topological polar surface area (TPSA) is 64.2 Å². The molecule has 0 saturated carbocycles. The SMILES string of the molecule is CN(C)C(=O)[C@@H]1C[C@H](N(C(=O)C(C)(C)C)c2ccc(C(F)(F)F)cc2)CN1C(=O)[C@@H]1CN(C(C)(C)C)C[C@H]1c1ccc(Cl)cc1. The van der Waals surface area contributed by atoms with Gasteiger partial charge in [-0.15, -0.1) is 0 Å². The van der Waals surface area contributed by atoms with Crippen LogP contribution in [0.3, 0.4) is 0 Å². The van der Waals surface area contributed by atoms with Crippen LogP contribution in [-0.2, 0) is 20.6 Å². The van der Waals surface area contributed by atoms with Gasteiger partial charge in [-0.05, 0) is 69.2 Å². The third kappa shape index (κ3) is 7.49. The molecule has 0 N–H and O–H groups in total. The van der Waals surface area contributed by atoms with E-state index in [-0.39, 0.29) is 47.8 Å². The third-order valence-electron chi connectivity index (χ3n) is 8.87. The number of hydrogen-bond acceptors (Lipinski definition) is 4. The Kier molecular flexibility index (Phi) is 9.72. The summed E-state index contributed by atoms with van der Waals surface area (Å²) in [6.07, 6.45) is -4.37. The molecule has 7 nitrogen and oxygen atoms in total. The summed E-state index contributed by atoms with van der Waals surface area (Å²) in [6, 6.07) is 10.5. The zero-order valence-electron chi connectivity index (χ0n) is 27.3. The second-order valence-corrected chi connectivity index (χ2v) is 14.9. The number of hydrogen-bond donors (Lipinski definition) is 0. The Labute approximate surface area is 269 Å². The molecule has 2 aromatic carbocycles. The van der Waals surface area contributed by atoms with Gasteiger partial charge in [-0.2, -0.15) is 13.2 Å². The molecular weight excluding hydrogens is 605 g/mol. The first-order chi connectivity index (χ1) is 20.7. The molecule has 0 bridgehead atoms. The Balaban J connectivity index is 1.74. The first-order valence-corrected chi connectivity index (χ1v) is 15.6. The number of halogens is 4. The van der Waals surface area contributed by atoms with Crippen LogP contribution in [0.4, 0.5) is 18.9 Å². The van der Waals surface area contributed by atoms with Gasteiger partial charge in [0.25, 0.3) is 0 Å². The number of carbonyl (C=O) groups excluding carboxylic acids is 3. The number of rotatable bonds is 5. The Hall–Kier alpha value is -3.11. The van der Waals surface area contributed by atoms with E-state index in [0.717, 1.165) is 17.7 Å². The minimum Gasteiger partial charge on any atom is -0.347 e. The fourth-order valence-electron chi connectivity index (χ4n) is 6.31. The average Bonchev–Trinajstić information content (AvgIpc) is 3.58. The molecule has 3 amide bonds. The van der Waals surface area contributed by atoms with E-state index < -0.39 is 35.2 Å². The maximum Gasteiger partial charge on any atom is 0.416 e. The minimum atomic E-state index is -4.53. The van der Waals surface area contributed by atoms with Gasteiger partial charge in [-0.25, -0.2) is 0 Å². The zero-order chi connectivity index (χ0) is 33.6. The highest BCUT2D eigenvalue weighted by Crippen LogP contribution is 2.40. The predicted octanol–water partition coefficient (Wildman–Crippen LogP) is 6.31. The van der Waals surface area contributed by atoms with Crippen molar-refractivity contribution >= 4 is 35.0 Å². The highest BCUT2D eigenvalue weighted by molar-refractivity contribution is 6.30. The van der Waals surface area contributed by atoms with Gasteiger partial charge in [0.1, 0.15) is 6.04 Å². The summed E-state index contributed by atoms with van der Waals surface area (Å²) in [5.41, 5.74) is -0.636. The molecule has 2 aliphatic heterocycles. The van der Waals surface area contributed by atoms with Crippen LogP contribution < -0.4 is 4.90 Å². The van der Waals surface area contributed by atoms with E-state index in [0.29, 0.717) is 18.1 Å². The van der Waals surface area contributed by atoms with Crippen LogP contribution in [0.2, 0.25) is 5.02 Å². The van der Waals surface area contributed by atoms with Gasteiger partial charge in [0.15, 0.2) is 0 Å². The summed E-state index contributed by atoms with van der Waals surface area (Å²) in [5.74, 6) is -1.36. The van der Waals surface area contributed by atoms with Crippen molar-refractivity contribution in [2.45, 2.75) is 77.7 Å². The van der Waals surface area contributed by atoms with Crippen LogP contribution in [0, 0.1) is 11.3 Å². The summed E-state index contributed by atoms with van der Waals surface area (Å²) < 4.78 is 40.1. The lowest BCUT2D eigenvalue weighted by Gasteiger charge is -2.35. The van der Waals surface area contributed by atoms with Crippen LogP contribution in [0.5, 0.6) is 0 Å². The van der Waals surface area contributed by atoms with Crippen LogP contribution in [-0.4, -0.2) is 83.8 Å². The molecule has 0 aromatic heterocycles. The molecule has 11 heteroatoms. The first kappa shape index (κ1) is 34.8. The molecular formula is C34H44ClF3N4O3. The predicted molar refractivity (Wildman–Crippen MR) is 170 cm³/mol. The van der Waals surface area contributed by atoms with E-state index in [1.54, 1.807) is 39.8 Å². The van der Waals surface area contributed by atoms with Gasteiger partial charge in [0, 0.05) is 61.3 Å². The fourth-order valence-corrected chi connectivity index (χ4v) is 6.43. The number of carbonyl (C=O) groups is 3. The molecule has 45 heavy (non-hydrogen) atoms. The number of nitrogens with zero attached hydrogens (tertiary/aromatic N) is 4. The van der Waals surface area contributed by atoms with Crippen molar-refractivity contribution in [3.8, 4) is 0 Å². The molecule has 0 radical (unpaired) electrons. The highest BCUT2D eigenvalue weighted by atomic mass is 35.5. The lowest BCUT2D eigenvalue weighted by atomic mass is 9.88. The van der Waals surface area contributed by atoms with Crippen LogP contribution in [0.15, 0.2) is 48.5 Å². The van der Waals surface area contributed by atoms with Gasteiger partial charge in [-0.1, -0.05) is 44.5 Å². The summed E-state index contributed by atoms with van der Waals surface area (Å²) in [4.78, 5) is 48.9. The van der Waals surface area contributed by atoms with Crippen LogP contribution in [0.25, 0.3) is 0 Å². The molecule has 246 valence electrons. The standard InChI is InChI=1S/C34H44ClF3N4O3/c1-32(2,3)31(45)42(24-15-11-22(12-16-24)34(36,37)38)25-17-28(30(44)39(7)8)41(18-25)29(43)27-20-40(33(4,5)6)19-26(27)21-9-13-23(35)14-10-21/h9-16,25-28H,17-20H2,1-8H3/t25-,26-,27+,28-/m0/s1. The first-order valence-electron chi connectivity index (χ1n) is 15.2. The number of amides is 3. The third-order valence-corrected chi connectivity index (χ3v) is 9.12. The van der Waals surface area contributed by atoms with E-state index in [1.807, 2.05) is 24.3 Å². The summed E-state index contributed by atoms with van der Waals surface area (Å²) in [5, 5.41) is 0.596. The van der Waals surface area contributed by atoms with E-state index in [1.165, 1.54) is 21.9 Å². The summed E-state index contributed by atoms with van der Waals surface area (Å²) in [7, 11) is 3.25. The van der Waals surface area contributed by atoms with Crippen molar-refractivity contribution in [2.24, 2.45) is 11.3 Å². The number of alkyl halides is 3. The monoisotopic (exact) mass is 648 g/mol. The van der Waals surface area contributed by atoms with Crippen molar-refractivity contribution in [3.05, 3.63) is 64.7 Å². The van der Waals surface area contributed by atoms with E-state index >= 15 is 0 Å². The maximum absolute atomic E-state index is 14.6. The van der Waals surface area contributed by atoms with E-state index in [4.69, 9.17) is 11.6 Å². The van der Waals surface area contributed by atoms with E-state index in [2.05, 4.69) is 25.7 Å². The minimum absolute atomic E-state index is 0.0747. The van der Waals surface area contributed by atoms with Crippen LogP contribution >= 0.6 is 11.6 Å². The smallest absolute Gasteiger partial charge is 0.347 e. The quantitative estimate of drug-likeness (QED) is 0.381. The molecule has 0 unspecified atom stereocenters. The molecule has 4 rings (SSSR count). The summed E-state index contributed by atoms with van der Waals surface area (Å²) in [6.45, 7) is 12.7. The molecule has 2 aromatic rings. The Morgan fingerprint density at radius 3 is 1.91 bits per heavy atom. The molecule has 4 atom stereocenters. The van der Waals surface area contributed by atoms with Gasteiger partial charge >= 0.3 is 6.18 Å². The molecule has 2 saturated heterocycles. The lowest BCUT2D eigenvalue weighted by Crippen LogP contribution is -2.50. The largest absolute Gasteiger partial charge is 0.416 e. The second kappa shape index (κ2) is 12.6. The van der Waals surface area contributed by atoms with Gasteiger partial charge < -0.3 is 14.7 Å². The average molecular weight is 649 g/mol. The normalized spacial score (nSPS) is 22.9. The zero-order valence-corrected chi connectivity index (χ0v) is 28.0. The Morgan fingerprint density at radius 2 is 1.42 bits per heavy atom. The van der Waals surface area contributed by atoms with Gasteiger partial charge in [0.05, 0.1) is 17.5 Å². The Bertz CT molecular complexity index is 1400. The highest BCUT2D eigenvalue weighted by Gasteiger charge is 2.50. The van der Waals surface area contributed by atoms with Crippen molar-refractivity contribution in [3.63, 3.8) is 0 Å². The van der Waals surface area contributed by atoms with Crippen molar-refractivity contribution in [1.29, 1.82) is 0 Å². The lowest BCUT2D eigenvalue weighted by molar-refractivity contribution is -0.144. The molecule has 2 heterocycles. The Morgan fingerprint density at radius 1 is 0.844 bits per heavy atom. The fraction of sp³-hybridized carbons (Fsp3) is 0.559. The molecule has 2 fully saturated rings. The molecule has 2 aliphatic rings. The van der Waals surface area contributed by atoms with Crippen molar-refractivity contribution < 1.29 is 27.6 Å². The second-order valence-electron chi connectivity index (χ2n) is 14.4. The van der Waals surface area contributed by atoms with Crippen LogP contribution in [0.1, 0.15) is 65.0 Å². The van der Waals surface area contributed by atoms with E-state index in [9.17, 15) is 27.6 Å². The van der Waals surface area contributed by atoms with Crippen molar-refractivity contribution in [1.82, 2.24) is 14.7 Å². The number of likely N-dealkylation sites (tertiary alicyclic amines) is 2. The maximum atomic E-state index is 14.6. The number of benzene rings is 2. The molecule has 0 aliphatic carbocycles. The van der Waals surface area contributed by atoms with Crippen molar-refractivity contribution in [2.75, 3.05) is 38.6 Å².